The first-order chi connectivity index (χ1) is 7.72. The molecule has 2 nitrogen and oxygen atoms in total. The van der Waals surface area contributed by atoms with Gasteiger partial charge in [-0.1, -0.05) is 18.5 Å². The van der Waals surface area contributed by atoms with Crippen molar-refractivity contribution in [2.45, 2.75) is 26.8 Å². The molecule has 84 valence electrons. The van der Waals surface area contributed by atoms with Crippen LogP contribution >= 0.6 is 11.6 Å². The standard InChI is InChI=1S/C13H16ClN2/c1-3-8-15-9-10-16(11(15)2)13-6-4-12(14)5-7-13/h4-7,9-10H,3,8H2,1-2H3/q+1. The molecule has 0 saturated heterocycles. The number of hydrogen-bond donors (Lipinski definition) is 0. The Labute approximate surface area is 101 Å². The van der Waals surface area contributed by atoms with Crippen molar-refractivity contribution in [1.82, 2.24) is 4.57 Å². The van der Waals surface area contributed by atoms with E-state index in [9.17, 15) is 0 Å². The molecule has 1 aromatic heterocycles. The Morgan fingerprint density at radius 2 is 1.94 bits per heavy atom. The van der Waals surface area contributed by atoms with Gasteiger partial charge >= 0.3 is 0 Å². The molecule has 1 heterocycles. The average Bonchev–Trinajstić information content (AvgIpc) is 2.63. The van der Waals surface area contributed by atoms with Crippen molar-refractivity contribution in [2.75, 3.05) is 0 Å². The van der Waals surface area contributed by atoms with Crippen molar-refractivity contribution in [3.8, 4) is 5.69 Å². The smallest absolute Gasteiger partial charge is 0.234 e. The Morgan fingerprint density at radius 1 is 1.25 bits per heavy atom. The second-order valence-electron chi connectivity index (χ2n) is 3.89. The molecule has 0 N–H and O–H groups in total. The number of imidazole rings is 1. The largest absolute Gasteiger partial charge is 0.258 e. The van der Waals surface area contributed by atoms with Crippen molar-refractivity contribution < 1.29 is 4.57 Å². The molecular weight excluding hydrogens is 220 g/mol. The van der Waals surface area contributed by atoms with Crippen LogP contribution in [0, 0.1) is 6.92 Å². The highest BCUT2D eigenvalue weighted by molar-refractivity contribution is 6.30. The van der Waals surface area contributed by atoms with Gasteiger partial charge in [0.25, 0.3) is 5.82 Å². The Kier molecular flexibility index (Phi) is 3.30. The summed E-state index contributed by atoms with van der Waals surface area (Å²) in [5.41, 5.74) is 1.15. The van der Waals surface area contributed by atoms with Crippen LogP contribution in [0.1, 0.15) is 19.2 Å². The van der Waals surface area contributed by atoms with Gasteiger partial charge in [0.1, 0.15) is 18.1 Å². The molecule has 1 aromatic carbocycles. The van der Waals surface area contributed by atoms with E-state index in [1.54, 1.807) is 0 Å². The Morgan fingerprint density at radius 3 is 2.56 bits per heavy atom. The number of hydrogen-bond acceptors (Lipinski definition) is 0. The zero-order valence-corrected chi connectivity index (χ0v) is 10.4. The van der Waals surface area contributed by atoms with Gasteiger partial charge in [-0.05, 0) is 30.7 Å². The van der Waals surface area contributed by atoms with E-state index in [2.05, 4.69) is 35.4 Å². The maximum Gasteiger partial charge on any atom is 0.258 e. The maximum absolute atomic E-state index is 5.88. The third kappa shape index (κ3) is 2.12. The van der Waals surface area contributed by atoms with Gasteiger partial charge in [-0.2, -0.15) is 0 Å². The Hall–Kier alpha value is -1.28. The molecule has 0 atom stereocenters. The van der Waals surface area contributed by atoms with Gasteiger partial charge in [-0.15, -0.1) is 0 Å². The monoisotopic (exact) mass is 235 g/mol. The van der Waals surface area contributed by atoms with Crippen LogP contribution in [0.15, 0.2) is 36.7 Å². The maximum atomic E-state index is 5.88. The van der Waals surface area contributed by atoms with Crippen LogP contribution in [0.3, 0.4) is 0 Å². The summed E-state index contributed by atoms with van der Waals surface area (Å²) in [6, 6.07) is 7.90. The SMILES string of the molecule is CCC[n+]1ccn(-c2ccc(Cl)cc2)c1C. The molecular formula is C13H16ClN2+. The molecule has 2 rings (SSSR count). The van der Waals surface area contributed by atoms with Crippen LogP contribution in [0.25, 0.3) is 5.69 Å². The Balaban J connectivity index is 2.37. The molecule has 0 unspecified atom stereocenters. The molecule has 0 bridgehead atoms. The lowest BCUT2D eigenvalue weighted by Gasteiger charge is -2.00. The first-order valence-corrected chi connectivity index (χ1v) is 5.93. The van der Waals surface area contributed by atoms with Crippen LogP contribution in [0.5, 0.6) is 0 Å². The fourth-order valence-corrected chi connectivity index (χ4v) is 1.98. The number of aryl methyl sites for hydroxylation is 1. The summed E-state index contributed by atoms with van der Waals surface area (Å²) in [6.45, 7) is 5.38. The lowest BCUT2D eigenvalue weighted by Crippen LogP contribution is -2.34. The van der Waals surface area contributed by atoms with E-state index in [0.29, 0.717) is 0 Å². The topological polar surface area (TPSA) is 8.81 Å². The van der Waals surface area contributed by atoms with Crippen molar-refractivity contribution in [1.29, 1.82) is 0 Å². The molecule has 0 aliphatic rings. The predicted molar refractivity (Wildman–Crippen MR) is 66.0 cm³/mol. The molecule has 0 amide bonds. The Bertz CT molecular complexity index is 471. The summed E-state index contributed by atoms with van der Waals surface area (Å²) in [5, 5.41) is 0.773. The van der Waals surface area contributed by atoms with Crippen LogP contribution in [-0.2, 0) is 6.54 Å². The number of halogens is 1. The van der Waals surface area contributed by atoms with Crippen molar-refractivity contribution in [3.05, 3.63) is 47.5 Å². The van der Waals surface area contributed by atoms with Crippen molar-refractivity contribution in [2.24, 2.45) is 0 Å². The number of rotatable bonds is 3. The fraction of sp³-hybridized carbons (Fsp3) is 0.308. The van der Waals surface area contributed by atoms with Crippen molar-refractivity contribution >= 4 is 11.6 Å². The van der Waals surface area contributed by atoms with Gasteiger partial charge in [-0.25, -0.2) is 9.13 Å². The summed E-state index contributed by atoms with van der Waals surface area (Å²) in [4.78, 5) is 0. The molecule has 0 spiro atoms. The third-order valence-corrected chi connectivity index (χ3v) is 2.98. The fourth-order valence-electron chi connectivity index (χ4n) is 1.85. The van der Waals surface area contributed by atoms with Crippen LogP contribution in [0.4, 0.5) is 0 Å². The van der Waals surface area contributed by atoms with Gasteiger partial charge in [0.15, 0.2) is 0 Å². The van der Waals surface area contributed by atoms with E-state index in [0.717, 1.165) is 23.7 Å². The molecule has 0 saturated carbocycles. The van der Waals surface area contributed by atoms with Gasteiger partial charge in [0, 0.05) is 11.9 Å². The lowest BCUT2D eigenvalue weighted by atomic mass is 10.3. The first kappa shape index (κ1) is 11.2. The third-order valence-electron chi connectivity index (χ3n) is 2.73. The molecule has 0 fully saturated rings. The van der Waals surface area contributed by atoms with E-state index in [1.807, 2.05) is 24.3 Å². The molecule has 0 radical (unpaired) electrons. The van der Waals surface area contributed by atoms with E-state index in [4.69, 9.17) is 11.6 Å². The second kappa shape index (κ2) is 4.71. The minimum atomic E-state index is 0.773. The molecule has 3 heteroatoms. The highest BCUT2D eigenvalue weighted by Crippen LogP contribution is 2.14. The van der Waals surface area contributed by atoms with Crippen LogP contribution in [-0.4, -0.2) is 4.57 Å². The highest BCUT2D eigenvalue weighted by atomic mass is 35.5. The molecule has 2 aromatic rings. The van der Waals surface area contributed by atoms with Gasteiger partial charge in [0.05, 0.1) is 6.54 Å². The summed E-state index contributed by atoms with van der Waals surface area (Å²) >= 11 is 5.88. The quantitative estimate of drug-likeness (QED) is 0.723. The zero-order chi connectivity index (χ0) is 11.5. The summed E-state index contributed by atoms with van der Waals surface area (Å²) in [7, 11) is 0. The van der Waals surface area contributed by atoms with Gasteiger partial charge < -0.3 is 0 Å². The number of benzene rings is 1. The van der Waals surface area contributed by atoms with Crippen LogP contribution in [0.2, 0.25) is 5.02 Å². The lowest BCUT2D eigenvalue weighted by molar-refractivity contribution is -0.702. The average molecular weight is 236 g/mol. The second-order valence-corrected chi connectivity index (χ2v) is 4.32. The number of aromatic nitrogens is 2. The predicted octanol–water partition coefficient (Wildman–Crippen LogP) is 3.14. The van der Waals surface area contributed by atoms with Gasteiger partial charge in [0.2, 0.25) is 0 Å². The van der Waals surface area contributed by atoms with Crippen LogP contribution < -0.4 is 4.57 Å². The summed E-state index contributed by atoms with van der Waals surface area (Å²) in [6.07, 6.45) is 5.36. The van der Waals surface area contributed by atoms with E-state index >= 15 is 0 Å². The van der Waals surface area contributed by atoms with E-state index < -0.39 is 0 Å². The first-order valence-electron chi connectivity index (χ1n) is 5.55. The molecule has 16 heavy (non-hydrogen) atoms. The number of nitrogens with zero attached hydrogens (tertiary/aromatic N) is 2. The summed E-state index contributed by atoms with van der Waals surface area (Å²) < 4.78 is 4.43. The highest BCUT2D eigenvalue weighted by Gasteiger charge is 2.12. The van der Waals surface area contributed by atoms with Gasteiger partial charge in [-0.3, -0.25) is 0 Å². The zero-order valence-electron chi connectivity index (χ0n) is 9.65. The normalized spacial score (nSPS) is 10.7. The summed E-state index contributed by atoms with van der Waals surface area (Å²) in [5.74, 6) is 1.24. The minimum Gasteiger partial charge on any atom is -0.234 e. The molecule has 0 aliphatic carbocycles. The van der Waals surface area contributed by atoms with Crippen molar-refractivity contribution in [3.63, 3.8) is 0 Å². The minimum absolute atomic E-state index is 0.773. The van der Waals surface area contributed by atoms with E-state index in [1.165, 1.54) is 5.82 Å². The molecule has 0 aliphatic heterocycles. The van der Waals surface area contributed by atoms with E-state index in [-0.39, 0.29) is 0 Å².